The second kappa shape index (κ2) is 4.52. The lowest BCUT2D eigenvalue weighted by atomic mass is 10.1. The molecule has 0 spiro atoms. The number of nitrogens with one attached hydrogen (secondary N) is 2. The van der Waals surface area contributed by atoms with Crippen LogP contribution in [0.1, 0.15) is 17.0 Å². The van der Waals surface area contributed by atoms with Crippen molar-refractivity contribution in [2.24, 2.45) is 0 Å². The van der Waals surface area contributed by atoms with Crippen molar-refractivity contribution in [3.63, 3.8) is 0 Å². The molecule has 6 nitrogen and oxygen atoms in total. The van der Waals surface area contributed by atoms with E-state index in [0.29, 0.717) is 23.7 Å². The summed E-state index contributed by atoms with van der Waals surface area (Å²) in [5.74, 6) is 0.823. The van der Waals surface area contributed by atoms with Crippen LogP contribution in [0.3, 0.4) is 0 Å². The van der Waals surface area contributed by atoms with Gasteiger partial charge in [0.1, 0.15) is 10.6 Å². The summed E-state index contributed by atoms with van der Waals surface area (Å²) in [6.07, 6.45) is 0.800. The molecule has 2 aromatic rings. The highest BCUT2D eigenvalue weighted by molar-refractivity contribution is 7.92. The SMILES string of the molecule is Cc1n[nH]c(C)c1S(=O)(=O)Nc1ccc2c(c1)CCO2. The number of hydrogen-bond donors (Lipinski definition) is 2. The standard InChI is InChI=1S/C13H15N3O3S/c1-8-13(9(2)15-14-8)20(17,18)16-11-3-4-12-10(7-11)5-6-19-12/h3-4,7,16H,5-6H2,1-2H3,(H,14,15). The van der Waals surface area contributed by atoms with Gasteiger partial charge in [0.2, 0.25) is 0 Å². The van der Waals surface area contributed by atoms with E-state index in [-0.39, 0.29) is 4.90 Å². The van der Waals surface area contributed by atoms with E-state index < -0.39 is 10.0 Å². The summed E-state index contributed by atoms with van der Waals surface area (Å²) in [5.41, 5.74) is 2.54. The number of aromatic amines is 1. The Hall–Kier alpha value is -2.02. The van der Waals surface area contributed by atoms with Crippen LogP contribution in [-0.4, -0.2) is 25.2 Å². The molecular weight excluding hydrogens is 278 g/mol. The molecule has 1 aromatic carbocycles. The van der Waals surface area contributed by atoms with Crippen molar-refractivity contribution in [2.45, 2.75) is 25.2 Å². The lowest BCUT2D eigenvalue weighted by Gasteiger charge is -2.09. The number of aromatic nitrogens is 2. The van der Waals surface area contributed by atoms with E-state index in [0.717, 1.165) is 17.7 Å². The molecule has 0 aliphatic carbocycles. The van der Waals surface area contributed by atoms with E-state index in [1.807, 2.05) is 6.07 Å². The molecule has 7 heteroatoms. The largest absolute Gasteiger partial charge is 0.493 e. The highest BCUT2D eigenvalue weighted by Gasteiger charge is 2.23. The molecule has 0 fully saturated rings. The molecule has 106 valence electrons. The average molecular weight is 293 g/mol. The lowest BCUT2D eigenvalue weighted by Crippen LogP contribution is -2.14. The van der Waals surface area contributed by atoms with Gasteiger partial charge in [-0.1, -0.05) is 0 Å². The third kappa shape index (κ3) is 2.14. The molecule has 0 bridgehead atoms. The number of rotatable bonds is 3. The number of benzene rings is 1. The fraction of sp³-hybridized carbons (Fsp3) is 0.308. The fourth-order valence-electron chi connectivity index (χ4n) is 2.39. The molecule has 0 atom stereocenters. The molecule has 1 aliphatic rings. The Morgan fingerprint density at radius 1 is 1.35 bits per heavy atom. The smallest absolute Gasteiger partial charge is 0.265 e. The number of H-pyrrole nitrogens is 1. The Morgan fingerprint density at radius 2 is 2.15 bits per heavy atom. The van der Waals surface area contributed by atoms with Gasteiger partial charge in [0.15, 0.2) is 0 Å². The van der Waals surface area contributed by atoms with Gasteiger partial charge in [0.25, 0.3) is 10.0 Å². The van der Waals surface area contributed by atoms with E-state index in [1.165, 1.54) is 0 Å². The zero-order chi connectivity index (χ0) is 14.3. The van der Waals surface area contributed by atoms with Gasteiger partial charge >= 0.3 is 0 Å². The summed E-state index contributed by atoms with van der Waals surface area (Å²) in [6.45, 7) is 3.99. The molecule has 2 N–H and O–H groups in total. The van der Waals surface area contributed by atoms with Gasteiger partial charge in [-0.2, -0.15) is 5.10 Å². The van der Waals surface area contributed by atoms with E-state index in [4.69, 9.17) is 4.74 Å². The van der Waals surface area contributed by atoms with Gasteiger partial charge in [0, 0.05) is 12.1 Å². The number of anilines is 1. The van der Waals surface area contributed by atoms with Gasteiger partial charge < -0.3 is 4.74 Å². The first kappa shape index (κ1) is 13.0. The summed E-state index contributed by atoms with van der Waals surface area (Å²) < 4.78 is 32.8. The number of fused-ring (bicyclic) bond motifs is 1. The van der Waals surface area contributed by atoms with Crippen LogP contribution in [0.4, 0.5) is 5.69 Å². The third-order valence-electron chi connectivity index (χ3n) is 3.27. The first-order valence-electron chi connectivity index (χ1n) is 6.27. The lowest BCUT2D eigenvalue weighted by molar-refractivity contribution is 0.357. The van der Waals surface area contributed by atoms with Crippen molar-refractivity contribution in [3.8, 4) is 5.75 Å². The Kier molecular flexibility index (Phi) is 2.93. The monoisotopic (exact) mass is 293 g/mol. The van der Waals surface area contributed by atoms with Gasteiger partial charge in [-0.15, -0.1) is 0 Å². The van der Waals surface area contributed by atoms with Crippen LogP contribution in [0.15, 0.2) is 23.1 Å². The average Bonchev–Trinajstić information content (AvgIpc) is 2.95. The van der Waals surface area contributed by atoms with Crippen molar-refractivity contribution in [3.05, 3.63) is 35.2 Å². The molecule has 1 aliphatic heterocycles. The molecule has 0 radical (unpaired) electrons. The summed E-state index contributed by atoms with van der Waals surface area (Å²) >= 11 is 0. The zero-order valence-electron chi connectivity index (χ0n) is 11.2. The molecule has 20 heavy (non-hydrogen) atoms. The maximum atomic E-state index is 12.4. The molecule has 0 unspecified atom stereocenters. The number of aryl methyl sites for hydroxylation is 2. The van der Waals surface area contributed by atoms with Crippen LogP contribution < -0.4 is 9.46 Å². The minimum Gasteiger partial charge on any atom is -0.493 e. The number of hydrogen-bond acceptors (Lipinski definition) is 4. The fourth-order valence-corrected chi connectivity index (χ4v) is 3.82. The predicted molar refractivity (Wildman–Crippen MR) is 74.5 cm³/mol. The molecule has 0 saturated carbocycles. The first-order chi connectivity index (χ1) is 9.47. The van der Waals surface area contributed by atoms with E-state index in [1.54, 1.807) is 26.0 Å². The topological polar surface area (TPSA) is 84.1 Å². The highest BCUT2D eigenvalue weighted by Crippen LogP contribution is 2.29. The van der Waals surface area contributed by atoms with Crippen LogP contribution in [-0.2, 0) is 16.4 Å². The Labute approximate surface area is 117 Å². The maximum absolute atomic E-state index is 12.4. The minimum atomic E-state index is -3.63. The molecule has 0 amide bonds. The van der Waals surface area contributed by atoms with Crippen LogP contribution in [0.5, 0.6) is 5.75 Å². The Morgan fingerprint density at radius 3 is 2.85 bits per heavy atom. The second-order valence-corrected chi connectivity index (χ2v) is 6.41. The highest BCUT2D eigenvalue weighted by atomic mass is 32.2. The number of nitrogens with zero attached hydrogens (tertiary/aromatic N) is 1. The van der Waals surface area contributed by atoms with E-state index in [2.05, 4.69) is 14.9 Å². The predicted octanol–water partition coefficient (Wildman–Crippen LogP) is 1.76. The molecule has 2 heterocycles. The van der Waals surface area contributed by atoms with Gasteiger partial charge in [0.05, 0.1) is 18.0 Å². The Bertz CT molecular complexity index is 746. The minimum absolute atomic E-state index is 0.203. The van der Waals surface area contributed by atoms with Crippen molar-refractivity contribution in [2.75, 3.05) is 11.3 Å². The summed E-state index contributed by atoms with van der Waals surface area (Å²) in [6, 6.07) is 5.30. The molecule has 3 rings (SSSR count). The van der Waals surface area contributed by atoms with Gasteiger partial charge in [-0.25, -0.2) is 8.42 Å². The van der Waals surface area contributed by atoms with E-state index >= 15 is 0 Å². The molecule has 1 aromatic heterocycles. The molecular formula is C13H15N3O3S. The number of sulfonamides is 1. The maximum Gasteiger partial charge on any atom is 0.265 e. The van der Waals surface area contributed by atoms with Crippen molar-refractivity contribution < 1.29 is 13.2 Å². The zero-order valence-corrected chi connectivity index (χ0v) is 12.0. The molecule has 0 saturated heterocycles. The van der Waals surface area contributed by atoms with Crippen molar-refractivity contribution in [1.29, 1.82) is 0 Å². The van der Waals surface area contributed by atoms with Crippen LogP contribution >= 0.6 is 0 Å². The second-order valence-electron chi connectivity index (χ2n) is 4.79. The normalized spacial score (nSPS) is 13.9. The van der Waals surface area contributed by atoms with Gasteiger partial charge in [-0.05, 0) is 37.6 Å². The summed E-state index contributed by atoms with van der Waals surface area (Å²) in [5, 5.41) is 6.60. The van der Waals surface area contributed by atoms with Gasteiger partial charge in [-0.3, -0.25) is 9.82 Å². The summed E-state index contributed by atoms with van der Waals surface area (Å²) in [4.78, 5) is 0.203. The van der Waals surface area contributed by atoms with Crippen LogP contribution in [0.25, 0.3) is 0 Å². The quantitative estimate of drug-likeness (QED) is 0.903. The van der Waals surface area contributed by atoms with Crippen LogP contribution in [0.2, 0.25) is 0 Å². The summed E-state index contributed by atoms with van der Waals surface area (Å²) in [7, 11) is -3.63. The Balaban J connectivity index is 1.94. The third-order valence-corrected chi connectivity index (χ3v) is 4.91. The van der Waals surface area contributed by atoms with Crippen molar-refractivity contribution in [1.82, 2.24) is 10.2 Å². The first-order valence-corrected chi connectivity index (χ1v) is 7.76. The van der Waals surface area contributed by atoms with Crippen LogP contribution in [0, 0.1) is 13.8 Å². The van der Waals surface area contributed by atoms with E-state index in [9.17, 15) is 8.42 Å². The van der Waals surface area contributed by atoms with Crippen molar-refractivity contribution >= 4 is 15.7 Å². The number of ether oxygens (including phenoxy) is 1.